The van der Waals surface area contributed by atoms with E-state index in [1.807, 2.05) is 0 Å². The van der Waals surface area contributed by atoms with Crippen LogP contribution in [0.5, 0.6) is 5.75 Å². The van der Waals surface area contributed by atoms with Gasteiger partial charge < -0.3 is 10.1 Å². The lowest BCUT2D eigenvalue weighted by molar-refractivity contribution is 0.103. The Labute approximate surface area is 142 Å². The molecule has 0 spiro atoms. The maximum atomic E-state index is 5.40. The highest BCUT2D eigenvalue weighted by molar-refractivity contribution is 9.10. The van der Waals surface area contributed by atoms with E-state index in [1.54, 1.807) is 7.11 Å². The number of hydrogen-bond acceptors (Lipinski definition) is 3. The Morgan fingerprint density at radius 2 is 1.91 bits per heavy atom. The molecule has 1 saturated heterocycles. The molecule has 1 aromatic rings. The average Bonchev–Trinajstić information content (AvgIpc) is 2.57. The molecule has 0 aromatic heterocycles. The Morgan fingerprint density at radius 3 is 2.55 bits per heavy atom. The Bertz CT molecular complexity index is 464. The topological polar surface area (TPSA) is 24.5 Å². The van der Waals surface area contributed by atoms with Crippen LogP contribution < -0.4 is 10.1 Å². The molecule has 22 heavy (non-hydrogen) atoms. The van der Waals surface area contributed by atoms with Gasteiger partial charge in [-0.25, -0.2) is 0 Å². The van der Waals surface area contributed by atoms with Gasteiger partial charge in [0.2, 0.25) is 0 Å². The zero-order valence-corrected chi connectivity index (χ0v) is 15.1. The summed E-state index contributed by atoms with van der Waals surface area (Å²) < 4.78 is 6.47. The van der Waals surface area contributed by atoms with E-state index in [0.29, 0.717) is 6.04 Å². The molecule has 0 bridgehead atoms. The molecule has 0 radical (unpaired) electrons. The lowest BCUT2D eigenvalue weighted by atomic mass is 9.80. The monoisotopic (exact) mass is 366 g/mol. The fourth-order valence-corrected chi connectivity index (χ4v) is 4.62. The van der Waals surface area contributed by atoms with Gasteiger partial charge in [-0.2, -0.15) is 0 Å². The summed E-state index contributed by atoms with van der Waals surface area (Å²) in [7, 11) is 1.73. The molecule has 0 amide bonds. The smallest absolute Gasteiger partial charge is 0.133 e. The van der Waals surface area contributed by atoms with Crippen molar-refractivity contribution in [1.29, 1.82) is 0 Å². The molecule has 2 fully saturated rings. The Kier molecular flexibility index (Phi) is 5.77. The van der Waals surface area contributed by atoms with Crippen LogP contribution in [0.15, 0.2) is 22.7 Å². The maximum absolute atomic E-state index is 5.40. The first-order valence-corrected chi connectivity index (χ1v) is 9.37. The summed E-state index contributed by atoms with van der Waals surface area (Å²) in [6.45, 7) is 4.54. The van der Waals surface area contributed by atoms with Crippen LogP contribution in [0.4, 0.5) is 0 Å². The van der Waals surface area contributed by atoms with Gasteiger partial charge >= 0.3 is 0 Å². The van der Waals surface area contributed by atoms with Gasteiger partial charge in [0.1, 0.15) is 5.75 Å². The maximum Gasteiger partial charge on any atom is 0.133 e. The number of nitrogens with one attached hydrogen (secondary N) is 1. The van der Waals surface area contributed by atoms with Crippen LogP contribution in [0.1, 0.15) is 43.7 Å². The van der Waals surface area contributed by atoms with Gasteiger partial charge in [0.15, 0.2) is 0 Å². The molecule has 1 heterocycles. The van der Waals surface area contributed by atoms with E-state index >= 15 is 0 Å². The van der Waals surface area contributed by atoms with Gasteiger partial charge in [-0.15, -0.1) is 0 Å². The fraction of sp³-hybridized carbons (Fsp3) is 0.667. The zero-order chi connectivity index (χ0) is 15.4. The molecular weight excluding hydrogens is 340 g/mol. The second kappa shape index (κ2) is 7.80. The van der Waals surface area contributed by atoms with Crippen molar-refractivity contribution in [3.05, 3.63) is 28.2 Å². The first-order valence-electron chi connectivity index (χ1n) is 8.58. The van der Waals surface area contributed by atoms with Gasteiger partial charge in [-0.3, -0.25) is 4.90 Å². The van der Waals surface area contributed by atoms with Crippen LogP contribution in [-0.4, -0.2) is 38.2 Å². The number of hydrogen-bond donors (Lipinski definition) is 1. The van der Waals surface area contributed by atoms with Crippen LogP contribution in [0.25, 0.3) is 0 Å². The van der Waals surface area contributed by atoms with Crippen molar-refractivity contribution in [3.63, 3.8) is 0 Å². The number of rotatable bonds is 4. The van der Waals surface area contributed by atoms with Crippen LogP contribution in [0, 0.1) is 5.92 Å². The average molecular weight is 367 g/mol. The Balaban J connectivity index is 1.87. The second-order valence-corrected chi connectivity index (χ2v) is 7.38. The second-order valence-electron chi connectivity index (χ2n) is 6.52. The van der Waals surface area contributed by atoms with Gasteiger partial charge in [0.05, 0.1) is 11.6 Å². The van der Waals surface area contributed by atoms with Crippen LogP contribution >= 0.6 is 15.9 Å². The van der Waals surface area contributed by atoms with E-state index < -0.39 is 0 Å². The van der Waals surface area contributed by atoms with Crippen molar-refractivity contribution < 1.29 is 4.74 Å². The van der Waals surface area contributed by atoms with E-state index in [2.05, 4.69) is 44.3 Å². The minimum atomic E-state index is 0.560. The van der Waals surface area contributed by atoms with E-state index in [-0.39, 0.29) is 0 Å². The van der Waals surface area contributed by atoms with Crippen LogP contribution in [-0.2, 0) is 0 Å². The van der Waals surface area contributed by atoms with Crippen molar-refractivity contribution >= 4 is 15.9 Å². The first kappa shape index (κ1) is 16.3. The van der Waals surface area contributed by atoms with Gasteiger partial charge in [-0.05, 0) is 52.4 Å². The number of nitrogens with zero attached hydrogens (tertiary/aromatic N) is 1. The van der Waals surface area contributed by atoms with Gasteiger partial charge in [0, 0.05) is 32.2 Å². The number of halogens is 1. The quantitative estimate of drug-likeness (QED) is 0.871. The molecule has 0 unspecified atom stereocenters. The minimum Gasteiger partial charge on any atom is -0.496 e. The summed E-state index contributed by atoms with van der Waals surface area (Å²) in [4.78, 5) is 2.70. The molecular formula is C18H27BrN2O. The molecule has 1 aliphatic heterocycles. The van der Waals surface area contributed by atoms with Crippen LogP contribution in [0.2, 0.25) is 0 Å². The minimum absolute atomic E-state index is 0.560. The van der Waals surface area contributed by atoms with Crippen molar-refractivity contribution in [2.24, 2.45) is 5.92 Å². The van der Waals surface area contributed by atoms with Crippen molar-refractivity contribution in [1.82, 2.24) is 10.2 Å². The molecule has 1 aromatic carbocycles. The first-order chi connectivity index (χ1) is 10.8. The van der Waals surface area contributed by atoms with E-state index in [4.69, 9.17) is 4.74 Å². The number of piperazine rings is 1. The van der Waals surface area contributed by atoms with Crippen molar-refractivity contribution in [3.8, 4) is 5.75 Å². The molecule has 1 atom stereocenters. The third-order valence-electron chi connectivity index (χ3n) is 5.16. The number of ether oxygens (including phenoxy) is 1. The summed E-state index contributed by atoms with van der Waals surface area (Å²) >= 11 is 3.67. The third kappa shape index (κ3) is 3.66. The summed E-state index contributed by atoms with van der Waals surface area (Å²) in [6.07, 6.45) is 6.95. The molecule has 3 rings (SSSR count). The summed E-state index contributed by atoms with van der Waals surface area (Å²) in [5.74, 6) is 1.72. The number of methoxy groups -OCH3 is 1. The molecule has 2 aliphatic rings. The van der Waals surface area contributed by atoms with Crippen molar-refractivity contribution in [2.45, 2.75) is 38.1 Å². The molecule has 1 saturated carbocycles. The van der Waals surface area contributed by atoms with Crippen LogP contribution in [0.3, 0.4) is 0 Å². The molecule has 4 heteroatoms. The highest BCUT2D eigenvalue weighted by Gasteiger charge is 2.31. The predicted molar refractivity (Wildman–Crippen MR) is 94.5 cm³/mol. The SMILES string of the molecule is COc1ccc([C@H](C2CCCCC2)N2CCNCC2)cc1Br. The van der Waals surface area contributed by atoms with Gasteiger partial charge in [-0.1, -0.05) is 25.3 Å². The molecule has 1 aliphatic carbocycles. The zero-order valence-electron chi connectivity index (χ0n) is 13.5. The molecule has 122 valence electrons. The summed E-state index contributed by atoms with van der Waals surface area (Å²) in [6, 6.07) is 7.22. The van der Waals surface area contributed by atoms with E-state index in [9.17, 15) is 0 Å². The summed E-state index contributed by atoms with van der Waals surface area (Å²) in [5, 5.41) is 3.48. The fourth-order valence-electron chi connectivity index (χ4n) is 4.06. The molecule has 1 N–H and O–H groups in total. The summed E-state index contributed by atoms with van der Waals surface area (Å²) in [5.41, 5.74) is 1.45. The van der Waals surface area contributed by atoms with E-state index in [1.165, 1.54) is 37.7 Å². The third-order valence-corrected chi connectivity index (χ3v) is 5.78. The Hall–Kier alpha value is -0.580. The highest BCUT2D eigenvalue weighted by atomic mass is 79.9. The van der Waals surface area contributed by atoms with Gasteiger partial charge in [0.25, 0.3) is 0 Å². The highest BCUT2D eigenvalue weighted by Crippen LogP contribution is 2.40. The number of benzene rings is 1. The normalized spacial score (nSPS) is 22.5. The Morgan fingerprint density at radius 1 is 1.18 bits per heavy atom. The largest absolute Gasteiger partial charge is 0.496 e. The van der Waals surface area contributed by atoms with E-state index in [0.717, 1.165) is 42.3 Å². The molecule has 3 nitrogen and oxygen atoms in total. The predicted octanol–water partition coefficient (Wildman–Crippen LogP) is 3.98. The van der Waals surface area contributed by atoms with Crippen molar-refractivity contribution in [2.75, 3.05) is 33.3 Å². The lowest BCUT2D eigenvalue weighted by Gasteiger charge is -2.41. The standard InChI is InChI=1S/C18H27BrN2O/c1-22-17-8-7-15(13-16(17)19)18(14-5-3-2-4-6-14)21-11-9-20-10-12-21/h7-8,13-14,18,20H,2-6,9-12H2,1H3/t18-/m0/s1. The lowest BCUT2D eigenvalue weighted by Crippen LogP contribution is -2.47.